The molecule has 1 aliphatic heterocycles. The zero-order valence-electron chi connectivity index (χ0n) is 21.7. The quantitative estimate of drug-likeness (QED) is 0.366. The summed E-state index contributed by atoms with van der Waals surface area (Å²) < 4.78 is 0. The highest BCUT2D eigenvalue weighted by Crippen LogP contribution is 2.28. The molecule has 1 saturated heterocycles. The minimum absolute atomic E-state index is 0.0541. The lowest BCUT2D eigenvalue weighted by molar-refractivity contribution is -0.115. The number of likely N-dealkylation sites (N-methyl/N-ethyl adjacent to an activating group) is 1. The maximum atomic E-state index is 12.6. The number of nitrogens with zero attached hydrogens (tertiary/aromatic N) is 6. The van der Waals surface area contributed by atoms with E-state index in [1.807, 2.05) is 54.6 Å². The Kier molecular flexibility index (Phi) is 7.98. The van der Waals surface area contributed by atoms with Gasteiger partial charge in [0.25, 0.3) is 0 Å². The van der Waals surface area contributed by atoms with Crippen LogP contribution in [0.25, 0.3) is 11.3 Å². The van der Waals surface area contributed by atoms with E-state index in [1.54, 1.807) is 30.4 Å². The van der Waals surface area contributed by atoms with Gasteiger partial charge in [-0.1, -0.05) is 12.1 Å². The Morgan fingerprint density at radius 1 is 0.921 bits per heavy atom. The van der Waals surface area contributed by atoms with Gasteiger partial charge in [0.2, 0.25) is 11.9 Å². The zero-order valence-corrected chi connectivity index (χ0v) is 21.7. The molecule has 38 heavy (non-hydrogen) atoms. The number of anilines is 4. The molecule has 0 spiro atoms. The minimum Gasteiger partial charge on any atom is -0.324 e. The number of carbonyl (C=O) groups is 1. The summed E-state index contributed by atoms with van der Waals surface area (Å²) >= 11 is 0. The number of hydrogen-bond acceptors (Lipinski definition) is 8. The fraction of sp³-hybridized carbons (Fsp3) is 0.241. The molecule has 1 aliphatic rings. The van der Waals surface area contributed by atoms with Crippen molar-refractivity contribution in [1.29, 1.82) is 0 Å². The number of benzene rings is 2. The van der Waals surface area contributed by atoms with E-state index >= 15 is 0 Å². The van der Waals surface area contributed by atoms with Crippen molar-refractivity contribution in [2.75, 3.05) is 43.4 Å². The minimum atomic E-state index is -0.0541. The number of hydrazine groups is 1. The van der Waals surface area contributed by atoms with Crippen LogP contribution < -0.4 is 15.6 Å². The molecule has 3 heterocycles. The second-order valence-corrected chi connectivity index (χ2v) is 9.33. The summed E-state index contributed by atoms with van der Waals surface area (Å²) in [6.07, 6.45) is 5.22. The Balaban J connectivity index is 1.24. The lowest BCUT2D eigenvalue weighted by atomic mass is 10.1. The van der Waals surface area contributed by atoms with Crippen molar-refractivity contribution in [2.24, 2.45) is 0 Å². The van der Waals surface area contributed by atoms with E-state index in [1.165, 1.54) is 5.56 Å². The Hall–Kier alpha value is -4.18. The van der Waals surface area contributed by atoms with Crippen LogP contribution in [0.15, 0.2) is 85.3 Å². The maximum absolute atomic E-state index is 12.6. The molecule has 1 fully saturated rings. The first-order valence-corrected chi connectivity index (χ1v) is 12.7. The number of nitrogens with one attached hydrogen (secondary N) is 2. The fourth-order valence-corrected chi connectivity index (χ4v) is 4.36. The molecular formula is C29H32N8O. The summed E-state index contributed by atoms with van der Waals surface area (Å²) in [6, 6.07) is 21.5. The van der Waals surface area contributed by atoms with Gasteiger partial charge in [0.15, 0.2) is 0 Å². The molecule has 0 aliphatic carbocycles. The largest absolute Gasteiger partial charge is 0.324 e. The molecule has 9 heteroatoms. The van der Waals surface area contributed by atoms with Gasteiger partial charge >= 0.3 is 0 Å². The van der Waals surface area contributed by atoms with E-state index in [0.29, 0.717) is 5.95 Å². The molecule has 5 rings (SSSR count). The molecule has 9 nitrogen and oxygen atoms in total. The Bertz CT molecular complexity index is 1340. The molecule has 4 aromatic rings. The van der Waals surface area contributed by atoms with Crippen LogP contribution in [0, 0.1) is 0 Å². The topological polar surface area (TPSA) is 89.5 Å². The van der Waals surface area contributed by atoms with Gasteiger partial charge in [-0.05, 0) is 67.2 Å². The number of amides is 1. The highest BCUT2D eigenvalue weighted by atomic mass is 16.2. The molecule has 194 valence electrons. The highest BCUT2D eigenvalue weighted by Gasteiger charge is 2.16. The molecule has 2 N–H and O–H groups in total. The van der Waals surface area contributed by atoms with Gasteiger partial charge in [0.1, 0.15) is 0 Å². The van der Waals surface area contributed by atoms with E-state index in [4.69, 9.17) is 0 Å². The maximum Gasteiger partial charge on any atom is 0.228 e. The third kappa shape index (κ3) is 6.38. The van der Waals surface area contributed by atoms with Crippen LogP contribution in [0.5, 0.6) is 0 Å². The third-order valence-electron chi connectivity index (χ3n) is 6.51. The van der Waals surface area contributed by atoms with Gasteiger partial charge in [-0.3, -0.25) is 20.1 Å². The first-order chi connectivity index (χ1) is 18.5. The summed E-state index contributed by atoms with van der Waals surface area (Å²) in [5.74, 6) is 0.435. The second-order valence-electron chi connectivity index (χ2n) is 9.33. The van der Waals surface area contributed by atoms with E-state index in [-0.39, 0.29) is 5.91 Å². The Morgan fingerprint density at radius 3 is 2.29 bits per heavy atom. The number of pyridine rings is 1. The summed E-state index contributed by atoms with van der Waals surface area (Å²) in [7, 11) is 2.15. The molecule has 0 radical (unpaired) electrons. The number of piperazine rings is 1. The molecule has 1 amide bonds. The van der Waals surface area contributed by atoms with Gasteiger partial charge < -0.3 is 10.2 Å². The molecule has 0 bridgehead atoms. The highest BCUT2D eigenvalue weighted by molar-refractivity contribution is 5.99. The van der Waals surface area contributed by atoms with Crippen LogP contribution in [-0.2, 0) is 11.3 Å². The average Bonchev–Trinajstić information content (AvgIpc) is 2.95. The van der Waals surface area contributed by atoms with Gasteiger partial charge in [0, 0.05) is 80.9 Å². The van der Waals surface area contributed by atoms with E-state index in [9.17, 15) is 4.79 Å². The average molecular weight is 509 g/mol. The van der Waals surface area contributed by atoms with Crippen molar-refractivity contribution in [2.45, 2.75) is 13.5 Å². The number of aromatic nitrogens is 3. The molecule has 0 saturated carbocycles. The van der Waals surface area contributed by atoms with Crippen molar-refractivity contribution in [3.8, 4) is 11.3 Å². The van der Waals surface area contributed by atoms with Crippen LogP contribution in [0.3, 0.4) is 0 Å². The fourth-order valence-electron chi connectivity index (χ4n) is 4.36. The number of carbonyl (C=O) groups excluding carboxylic acids is 1. The monoisotopic (exact) mass is 508 g/mol. The lowest BCUT2D eigenvalue weighted by Gasteiger charge is -2.32. The Morgan fingerprint density at radius 2 is 1.63 bits per heavy atom. The second kappa shape index (κ2) is 11.9. The van der Waals surface area contributed by atoms with Crippen molar-refractivity contribution in [3.63, 3.8) is 0 Å². The van der Waals surface area contributed by atoms with Gasteiger partial charge in [0.05, 0.1) is 5.69 Å². The number of rotatable bonds is 8. The van der Waals surface area contributed by atoms with Gasteiger partial charge in [-0.2, -0.15) is 0 Å². The van der Waals surface area contributed by atoms with Crippen LogP contribution in [0.2, 0.25) is 0 Å². The SMILES string of the molecule is CC(=O)N(c1ccc(CNN2CCN(C)CC2)cc1)c1ccc(Nc2nccc(-c3cccnc3)n2)cc1. The summed E-state index contributed by atoms with van der Waals surface area (Å²) in [4.78, 5) is 29.7. The summed E-state index contributed by atoms with van der Waals surface area (Å²) in [5, 5.41) is 5.51. The van der Waals surface area contributed by atoms with E-state index in [2.05, 4.69) is 54.8 Å². The number of hydrogen-bond donors (Lipinski definition) is 2. The van der Waals surface area contributed by atoms with Crippen LogP contribution in [0.1, 0.15) is 12.5 Å². The van der Waals surface area contributed by atoms with Crippen LogP contribution in [-0.4, -0.2) is 64.0 Å². The van der Waals surface area contributed by atoms with Crippen molar-refractivity contribution >= 4 is 28.9 Å². The smallest absolute Gasteiger partial charge is 0.228 e. The van der Waals surface area contributed by atoms with Crippen molar-refractivity contribution < 1.29 is 4.79 Å². The zero-order chi connectivity index (χ0) is 26.3. The standard InChI is InChI=1S/C29H32N8O/c1-22(38)37(26-9-5-23(6-10-26)20-32-36-18-16-35(2)17-19-36)27-11-7-25(8-12-27)33-29-31-15-13-28(34-29)24-4-3-14-30-21-24/h3-15,21,32H,16-20H2,1-2H3,(H,31,33,34). The predicted octanol–water partition coefficient (Wildman–Crippen LogP) is 4.22. The lowest BCUT2D eigenvalue weighted by Crippen LogP contribution is -2.50. The molecule has 0 atom stereocenters. The van der Waals surface area contributed by atoms with Gasteiger partial charge in [-0.25, -0.2) is 15.0 Å². The van der Waals surface area contributed by atoms with E-state index in [0.717, 1.165) is 61.0 Å². The molecular weight excluding hydrogens is 476 g/mol. The van der Waals surface area contributed by atoms with Crippen molar-refractivity contribution in [1.82, 2.24) is 30.3 Å². The first kappa shape index (κ1) is 25.5. The van der Waals surface area contributed by atoms with Crippen LogP contribution in [0.4, 0.5) is 23.0 Å². The molecule has 2 aromatic heterocycles. The first-order valence-electron chi connectivity index (χ1n) is 12.7. The molecule has 0 unspecified atom stereocenters. The van der Waals surface area contributed by atoms with Crippen molar-refractivity contribution in [3.05, 3.63) is 90.9 Å². The van der Waals surface area contributed by atoms with Crippen LogP contribution >= 0.6 is 0 Å². The predicted molar refractivity (Wildman–Crippen MR) is 150 cm³/mol. The third-order valence-corrected chi connectivity index (χ3v) is 6.51. The molecule has 2 aromatic carbocycles. The Labute approximate surface area is 223 Å². The summed E-state index contributed by atoms with van der Waals surface area (Å²) in [6.45, 7) is 6.50. The summed E-state index contributed by atoms with van der Waals surface area (Å²) in [5.41, 5.74) is 8.83. The van der Waals surface area contributed by atoms with E-state index < -0.39 is 0 Å². The van der Waals surface area contributed by atoms with Gasteiger partial charge in [-0.15, -0.1) is 0 Å². The normalized spacial score (nSPS) is 14.3.